The SMILES string of the molecule is CCC(C)(C)c1spc(C(F)(F)F)c1C(F)(F)F. The molecule has 0 aromatic carbocycles. The van der Waals surface area contributed by atoms with Crippen molar-refractivity contribution >= 4 is 18.3 Å². The van der Waals surface area contributed by atoms with Gasteiger partial charge < -0.3 is 0 Å². The van der Waals surface area contributed by atoms with Crippen LogP contribution in [-0.2, 0) is 17.8 Å². The quantitative estimate of drug-likeness (QED) is 0.583. The molecule has 0 bridgehead atoms. The monoisotopic (exact) mass is 308 g/mol. The zero-order valence-corrected chi connectivity index (χ0v) is 11.5. The minimum Gasteiger partial charge on any atom is -0.166 e. The van der Waals surface area contributed by atoms with Crippen LogP contribution in [-0.4, -0.2) is 0 Å². The normalized spacial score (nSPS) is 14.5. The van der Waals surface area contributed by atoms with Crippen LogP contribution in [0.25, 0.3) is 0 Å². The van der Waals surface area contributed by atoms with E-state index in [0.717, 1.165) is 0 Å². The second-order valence-corrected chi connectivity index (χ2v) is 6.78. The van der Waals surface area contributed by atoms with Crippen molar-refractivity contribution in [2.75, 3.05) is 0 Å². The Balaban J connectivity index is 3.54. The number of hydrogen-bond acceptors (Lipinski definition) is 1. The van der Waals surface area contributed by atoms with Crippen molar-refractivity contribution in [3.05, 3.63) is 15.7 Å². The molecule has 0 spiro atoms. The summed E-state index contributed by atoms with van der Waals surface area (Å²) >= 11 is 0. The Hall–Kier alpha value is -0.290. The van der Waals surface area contributed by atoms with Gasteiger partial charge in [0.2, 0.25) is 0 Å². The second-order valence-electron chi connectivity index (χ2n) is 4.47. The van der Waals surface area contributed by atoms with Crippen LogP contribution in [0.15, 0.2) is 0 Å². The maximum atomic E-state index is 12.9. The minimum absolute atomic E-state index is 0.216. The van der Waals surface area contributed by atoms with Gasteiger partial charge in [-0.05, 0) is 11.8 Å². The lowest BCUT2D eigenvalue weighted by atomic mass is 9.86. The Morgan fingerprint density at radius 3 is 1.83 bits per heavy atom. The molecule has 0 fully saturated rings. The van der Waals surface area contributed by atoms with Crippen molar-refractivity contribution in [1.29, 1.82) is 0 Å². The lowest BCUT2D eigenvalue weighted by Crippen LogP contribution is -2.22. The van der Waals surface area contributed by atoms with Gasteiger partial charge in [0.15, 0.2) is 0 Å². The molecule has 1 aromatic heterocycles. The predicted octanol–water partition coefficient (Wildman–Crippen LogP) is 6.05. The smallest absolute Gasteiger partial charge is 0.166 e. The van der Waals surface area contributed by atoms with E-state index in [1.165, 1.54) is 13.8 Å². The van der Waals surface area contributed by atoms with Crippen LogP contribution in [0.2, 0.25) is 0 Å². The molecular formula is C10H11F6PS. The molecule has 0 nitrogen and oxygen atoms in total. The van der Waals surface area contributed by atoms with Crippen LogP contribution in [0.4, 0.5) is 26.3 Å². The molecule has 1 rings (SSSR count). The summed E-state index contributed by atoms with van der Waals surface area (Å²) in [4.78, 5) is -0.216. The molecule has 0 aliphatic heterocycles. The van der Waals surface area contributed by atoms with Gasteiger partial charge in [-0.3, -0.25) is 0 Å². The van der Waals surface area contributed by atoms with E-state index in [4.69, 9.17) is 0 Å². The lowest BCUT2D eigenvalue weighted by Gasteiger charge is -2.24. The van der Waals surface area contributed by atoms with Crippen LogP contribution in [0.5, 0.6) is 0 Å². The molecule has 104 valence electrons. The summed E-state index contributed by atoms with van der Waals surface area (Å²) in [5.74, 6) is 0. The van der Waals surface area contributed by atoms with Gasteiger partial charge in [0.05, 0.1) is 5.56 Å². The molecule has 0 radical (unpaired) electrons. The Labute approximate surface area is 106 Å². The molecule has 0 unspecified atom stereocenters. The maximum absolute atomic E-state index is 12.9. The largest absolute Gasteiger partial charge is 0.422 e. The molecule has 18 heavy (non-hydrogen) atoms. The van der Waals surface area contributed by atoms with Crippen LogP contribution < -0.4 is 0 Å². The lowest BCUT2D eigenvalue weighted by molar-refractivity contribution is -0.160. The van der Waals surface area contributed by atoms with Crippen LogP contribution in [0.1, 0.15) is 42.9 Å². The summed E-state index contributed by atoms with van der Waals surface area (Å²) in [6.45, 7) is 4.70. The molecule has 0 aliphatic carbocycles. The van der Waals surface area contributed by atoms with Gasteiger partial charge in [0.25, 0.3) is 0 Å². The third-order valence-electron chi connectivity index (χ3n) is 2.74. The number of rotatable bonds is 2. The Morgan fingerprint density at radius 1 is 1.00 bits per heavy atom. The minimum atomic E-state index is -4.97. The molecule has 1 heterocycles. The fourth-order valence-corrected chi connectivity index (χ4v) is 4.91. The summed E-state index contributed by atoms with van der Waals surface area (Å²) in [5.41, 5.74) is -2.40. The first kappa shape index (κ1) is 15.8. The van der Waals surface area contributed by atoms with Gasteiger partial charge in [0, 0.05) is 12.2 Å². The Morgan fingerprint density at radius 2 is 1.50 bits per heavy atom. The Bertz CT molecular complexity index is 429. The van der Waals surface area contributed by atoms with Gasteiger partial charge in [-0.2, -0.15) is 26.3 Å². The number of hydrogen-bond donors (Lipinski definition) is 0. The predicted molar refractivity (Wildman–Crippen MR) is 60.2 cm³/mol. The molecule has 0 N–H and O–H groups in total. The van der Waals surface area contributed by atoms with Crippen molar-refractivity contribution < 1.29 is 26.3 Å². The molecule has 0 saturated heterocycles. The number of alkyl halides is 6. The molecule has 0 atom stereocenters. The summed E-state index contributed by atoms with van der Waals surface area (Å²) in [5, 5.41) is -1.49. The van der Waals surface area contributed by atoms with Crippen molar-refractivity contribution in [1.82, 2.24) is 0 Å². The molecule has 0 aliphatic rings. The first-order valence-electron chi connectivity index (χ1n) is 5.05. The van der Waals surface area contributed by atoms with Gasteiger partial charge in [0.1, 0.15) is 5.30 Å². The highest BCUT2D eigenvalue weighted by atomic mass is 32.5. The molecule has 0 amide bonds. The zero-order chi connectivity index (χ0) is 14.4. The second kappa shape index (κ2) is 4.67. The summed E-state index contributed by atoms with van der Waals surface area (Å²) in [6.07, 6.45) is -9.57. The summed E-state index contributed by atoms with van der Waals surface area (Å²) in [6, 6.07) is 0. The van der Waals surface area contributed by atoms with E-state index >= 15 is 0 Å². The topological polar surface area (TPSA) is 0 Å². The van der Waals surface area contributed by atoms with Crippen molar-refractivity contribution in [2.24, 2.45) is 0 Å². The first-order chi connectivity index (χ1) is 7.91. The Kier molecular flexibility index (Phi) is 4.09. The van der Waals surface area contributed by atoms with Gasteiger partial charge in [-0.15, -0.1) is 10.9 Å². The van der Waals surface area contributed by atoms with Crippen LogP contribution >= 0.6 is 18.3 Å². The fourth-order valence-electron chi connectivity index (χ4n) is 1.37. The van der Waals surface area contributed by atoms with Gasteiger partial charge in [-0.1, -0.05) is 20.8 Å². The summed E-state index contributed by atoms with van der Waals surface area (Å²) in [7, 11) is 0.231. The van der Waals surface area contributed by atoms with E-state index in [1.54, 1.807) is 6.92 Å². The third-order valence-corrected chi connectivity index (χ3v) is 5.80. The maximum Gasteiger partial charge on any atom is 0.422 e. The van der Waals surface area contributed by atoms with Gasteiger partial charge in [-0.25, -0.2) is 0 Å². The fraction of sp³-hybridized carbons (Fsp3) is 0.700. The molecule has 1 aromatic rings. The van der Waals surface area contributed by atoms with E-state index in [2.05, 4.69) is 0 Å². The van der Waals surface area contributed by atoms with Crippen molar-refractivity contribution in [3.63, 3.8) is 0 Å². The van der Waals surface area contributed by atoms with E-state index in [9.17, 15) is 26.3 Å². The third kappa shape index (κ3) is 2.99. The van der Waals surface area contributed by atoms with E-state index in [-0.39, 0.29) is 12.2 Å². The molecule has 8 heteroatoms. The number of halogens is 6. The zero-order valence-electron chi connectivity index (χ0n) is 9.83. The highest BCUT2D eigenvalue weighted by Crippen LogP contribution is 2.53. The van der Waals surface area contributed by atoms with E-state index < -0.39 is 28.6 Å². The molecular weight excluding hydrogens is 297 g/mol. The highest BCUT2D eigenvalue weighted by Gasteiger charge is 2.48. The average Bonchev–Trinajstić information content (AvgIpc) is 2.60. The standard InChI is InChI=1S/C10H11F6PS/c1-4-8(2,3)7-5(9(11,12)13)6(17-18-7)10(14,15)16/h4H2,1-3H3. The summed E-state index contributed by atoms with van der Waals surface area (Å²) < 4.78 is 76.4. The van der Waals surface area contributed by atoms with E-state index in [1.807, 2.05) is 0 Å². The first-order valence-corrected chi connectivity index (χ1v) is 7.37. The van der Waals surface area contributed by atoms with E-state index in [0.29, 0.717) is 17.4 Å². The highest BCUT2D eigenvalue weighted by molar-refractivity contribution is 7.81. The average molecular weight is 308 g/mol. The van der Waals surface area contributed by atoms with Crippen LogP contribution in [0.3, 0.4) is 0 Å². The molecule has 0 saturated carbocycles. The van der Waals surface area contributed by atoms with Gasteiger partial charge >= 0.3 is 12.4 Å². The van der Waals surface area contributed by atoms with Crippen molar-refractivity contribution in [3.8, 4) is 0 Å². The van der Waals surface area contributed by atoms with Crippen LogP contribution in [0, 0.1) is 0 Å². The van der Waals surface area contributed by atoms with Crippen molar-refractivity contribution in [2.45, 2.75) is 45.0 Å².